The molecule has 0 aromatic carbocycles. The molecular formula is C15H26ClN3OS2. The van der Waals surface area contributed by atoms with E-state index in [1.54, 1.807) is 23.1 Å². The number of aromatic nitrogens is 1. The van der Waals surface area contributed by atoms with Crippen molar-refractivity contribution in [2.24, 2.45) is 5.73 Å². The Morgan fingerprint density at radius 2 is 2.41 bits per heavy atom. The van der Waals surface area contributed by atoms with E-state index in [1.165, 1.54) is 5.01 Å². The summed E-state index contributed by atoms with van der Waals surface area (Å²) in [6, 6.07) is -0.348. The fourth-order valence-electron chi connectivity index (χ4n) is 2.65. The fraction of sp³-hybridized carbons (Fsp3) is 0.733. The van der Waals surface area contributed by atoms with E-state index >= 15 is 0 Å². The molecule has 0 aliphatic carbocycles. The largest absolute Gasteiger partial charge is 0.341 e. The number of aryl methyl sites for hydroxylation is 1. The van der Waals surface area contributed by atoms with Crippen LogP contribution in [0.15, 0.2) is 5.38 Å². The highest BCUT2D eigenvalue weighted by atomic mass is 35.5. The normalized spacial score (nSPS) is 19.6. The zero-order valence-electron chi connectivity index (χ0n) is 13.3. The van der Waals surface area contributed by atoms with Gasteiger partial charge in [0.25, 0.3) is 0 Å². The number of rotatable bonds is 6. The number of thioether (sulfide) groups is 1. The lowest BCUT2D eigenvalue weighted by Gasteiger charge is -2.33. The van der Waals surface area contributed by atoms with Crippen molar-refractivity contribution in [1.29, 1.82) is 0 Å². The number of hydrogen-bond acceptors (Lipinski definition) is 5. The zero-order valence-corrected chi connectivity index (χ0v) is 15.7. The first-order valence-corrected chi connectivity index (χ1v) is 9.90. The molecule has 1 aliphatic rings. The van der Waals surface area contributed by atoms with Gasteiger partial charge in [-0.25, -0.2) is 4.98 Å². The van der Waals surface area contributed by atoms with Crippen molar-refractivity contribution in [3.63, 3.8) is 0 Å². The summed E-state index contributed by atoms with van der Waals surface area (Å²) in [6.45, 7) is 3.75. The lowest BCUT2D eigenvalue weighted by Crippen LogP contribution is -2.47. The first-order valence-electron chi connectivity index (χ1n) is 7.63. The van der Waals surface area contributed by atoms with Crippen molar-refractivity contribution in [3.8, 4) is 0 Å². The van der Waals surface area contributed by atoms with Crippen molar-refractivity contribution >= 4 is 41.4 Å². The molecule has 2 atom stereocenters. The highest BCUT2D eigenvalue weighted by Crippen LogP contribution is 2.29. The molecule has 22 heavy (non-hydrogen) atoms. The number of halogens is 1. The molecule has 1 unspecified atom stereocenters. The summed E-state index contributed by atoms with van der Waals surface area (Å²) in [7, 11) is 0. The van der Waals surface area contributed by atoms with Gasteiger partial charge in [0.05, 0.1) is 16.7 Å². The summed E-state index contributed by atoms with van der Waals surface area (Å²) in [4.78, 5) is 19.1. The number of piperidine rings is 1. The molecule has 0 saturated carbocycles. The monoisotopic (exact) mass is 363 g/mol. The lowest BCUT2D eigenvalue weighted by atomic mass is 9.98. The Kier molecular flexibility index (Phi) is 8.75. The molecule has 0 spiro atoms. The van der Waals surface area contributed by atoms with Crippen LogP contribution in [-0.2, 0) is 11.2 Å². The predicted molar refractivity (Wildman–Crippen MR) is 98.3 cm³/mol. The third-order valence-electron chi connectivity index (χ3n) is 3.96. The van der Waals surface area contributed by atoms with E-state index in [2.05, 4.69) is 17.3 Å². The van der Waals surface area contributed by atoms with Crippen molar-refractivity contribution < 1.29 is 4.79 Å². The lowest BCUT2D eigenvalue weighted by molar-refractivity contribution is -0.133. The summed E-state index contributed by atoms with van der Waals surface area (Å²) in [5, 5.41) is 3.32. The summed E-state index contributed by atoms with van der Waals surface area (Å²) in [5.41, 5.74) is 7.19. The molecule has 2 heterocycles. The van der Waals surface area contributed by atoms with Crippen molar-refractivity contribution in [1.82, 2.24) is 9.88 Å². The van der Waals surface area contributed by atoms with Crippen LogP contribution in [0.3, 0.4) is 0 Å². The van der Waals surface area contributed by atoms with E-state index < -0.39 is 0 Å². The fourth-order valence-corrected chi connectivity index (χ4v) is 4.17. The van der Waals surface area contributed by atoms with E-state index in [0.717, 1.165) is 50.2 Å². The maximum absolute atomic E-state index is 12.4. The molecule has 2 rings (SSSR count). The number of nitrogens with two attached hydrogens (primary N) is 1. The summed E-state index contributed by atoms with van der Waals surface area (Å²) in [5.74, 6) is 1.44. The Morgan fingerprint density at radius 3 is 3.05 bits per heavy atom. The van der Waals surface area contributed by atoms with Crippen molar-refractivity contribution in [2.45, 2.75) is 44.6 Å². The van der Waals surface area contributed by atoms with E-state index in [-0.39, 0.29) is 24.4 Å². The van der Waals surface area contributed by atoms with Crippen LogP contribution in [0.25, 0.3) is 0 Å². The van der Waals surface area contributed by atoms with Crippen LogP contribution >= 0.6 is 35.5 Å². The highest BCUT2D eigenvalue weighted by Gasteiger charge is 2.28. The van der Waals surface area contributed by atoms with Gasteiger partial charge in [-0.1, -0.05) is 6.92 Å². The predicted octanol–water partition coefficient (Wildman–Crippen LogP) is 2.91. The summed E-state index contributed by atoms with van der Waals surface area (Å²) >= 11 is 3.47. The molecule has 1 fully saturated rings. The SMILES string of the molecule is CCc1csc(C2CCCN(C(=O)[C@@H](N)CCSC)C2)n1.Cl. The molecule has 1 aromatic heterocycles. The van der Waals surface area contributed by atoms with Crippen LogP contribution in [0, 0.1) is 0 Å². The summed E-state index contributed by atoms with van der Waals surface area (Å²) < 4.78 is 0. The van der Waals surface area contributed by atoms with Gasteiger partial charge in [0.2, 0.25) is 5.91 Å². The Balaban J connectivity index is 0.00000242. The second kappa shape index (κ2) is 9.75. The quantitative estimate of drug-likeness (QED) is 0.844. The number of likely N-dealkylation sites (tertiary alicyclic amines) is 1. The van der Waals surface area contributed by atoms with Gasteiger partial charge in [0.1, 0.15) is 0 Å². The number of carbonyl (C=O) groups is 1. The van der Waals surface area contributed by atoms with Gasteiger partial charge in [-0.05, 0) is 37.7 Å². The molecule has 1 aromatic rings. The minimum atomic E-state index is -0.348. The van der Waals surface area contributed by atoms with Crippen molar-refractivity contribution in [3.05, 3.63) is 16.1 Å². The first kappa shape index (κ1) is 19.7. The van der Waals surface area contributed by atoms with Crippen LogP contribution in [-0.4, -0.2) is 46.9 Å². The average Bonchev–Trinajstić information content (AvgIpc) is 3.01. The Morgan fingerprint density at radius 1 is 1.64 bits per heavy atom. The average molecular weight is 364 g/mol. The maximum Gasteiger partial charge on any atom is 0.239 e. The third kappa shape index (κ3) is 5.11. The standard InChI is InChI=1S/C15H25N3OS2.ClH/c1-3-12-10-21-14(17-12)11-5-4-7-18(9-11)15(19)13(16)6-8-20-2;/h10-11,13H,3-9,16H2,1-2H3;1H/t11?,13-;/m0./s1. The molecule has 4 nitrogen and oxygen atoms in total. The van der Waals surface area contributed by atoms with E-state index in [9.17, 15) is 4.79 Å². The molecule has 0 radical (unpaired) electrons. The Labute approximate surface area is 147 Å². The first-order chi connectivity index (χ1) is 10.2. The third-order valence-corrected chi connectivity index (χ3v) is 5.66. The van der Waals surface area contributed by atoms with Crippen LogP contribution in [0.2, 0.25) is 0 Å². The minimum absolute atomic E-state index is 0. The van der Waals surface area contributed by atoms with Crippen LogP contribution in [0.4, 0.5) is 0 Å². The van der Waals surface area contributed by atoms with E-state index in [4.69, 9.17) is 5.73 Å². The molecule has 1 amide bonds. The Hall–Kier alpha value is -0.300. The van der Waals surface area contributed by atoms with Gasteiger partial charge < -0.3 is 10.6 Å². The number of hydrogen-bond donors (Lipinski definition) is 1. The topological polar surface area (TPSA) is 59.2 Å². The maximum atomic E-state index is 12.4. The summed E-state index contributed by atoms with van der Waals surface area (Å²) in [6.07, 6.45) is 5.96. The highest BCUT2D eigenvalue weighted by molar-refractivity contribution is 7.98. The van der Waals surface area contributed by atoms with E-state index in [0.29, 0.717) is 5.92 Å². The molecule has 126 valence electrons. The van der Waals surface area contributed by atoms with Crippen LogP contribution < -0.4 is 5.73 Å². The zero-order chi connectivity index (χ0) is 15.2. The van der Waals surface area contributed by atoms with Gasteiger partial charge in [-0.3, -0.25) is 4.79 Å². The molecule has 7 heteroatoms. The van der Waals surface area contributed by atoms with Crippen LogP contribution in [0.5, 0.6) is 0 Å². The van der Waals surface area contributed by atoms with Gasteiger partial charge in [-0.15, -0.1) is 23.7 Å². The minimum Gasteiger partial charge on any atom is -0.341 e. The molecule has 0 bridgehead atoms. The molecule has 2 N–H and O–H groups in total. The molecular weight excluding hydrogens is 338 g/mol. The number of thiazole rings is 1. The van der Waals surface area contributed by atoms with Crippen molar-refractivity contribution in [2.75, 3.05) is 25.1 Å². The smallest absolute Gasteiger partial charge is 0.239 e. The second-order valence-electron chi connectivity index (χ2n) is 5.54. The van der Waals surface area contributed by atoms with Gasteiger partial charge in [-0.2, -0.15) is 11.8 Å². The number of nitrogens with zero attached hydrogens (tertiary/aromatic N) is 2. The number of carbonyl (C=O) groups excluding carboxylic acids is 1. The van der Waals surface area contributed by atoms with Gasteiger partial charge >= 0.3 is 0 Å². The second-order valence-corrected chi connectivity index (χ2v) is 7.42. The molecule has 1 aliphatic heterocycles. The Bertz CT molecular complexity index is 469. The number of amides is 1. The molecule has 1 saturated heterocycles. The van der Waals surface area contributed by atoms with E-state index in [1.807, 2.05) is 11.2 Å². The van der Waals surface area contributed by atoms with Crippen LogP contribution in [0.1, 0.15) is 42.8 Å². The van der Waals surface area contributed by atoms with Gasteiger partial charge in [0, 0.05) is 24.4 Å². The van der Waals surface area contributed by atoms with Gasteiger partial charge in [0.15, 0.2) is 0 Å².